The lowest BCUT2D eigenvalue weighted by Crippen LogP contribution is -2.08. The maximum absolute atomic E-state index is 12.2. The van der Waals surface area contributed by atoms with Gasteiger partial charge in [0.25, 0.3) is 0 Å². The second-order valence-corrected chi connectivity index (χ2v) is 3.53. The van der Waals surface area contributed by atoms with Gasteiger partial charge in [0.2, 0.25) is 0 Å². The molecule has 1 N–H and O–H groups in total. The standard InChI is InChI=1S/C8H6BrF3N2/c1-4(13)7-6(9)2-5(3-14-7)8(10,11)12/h2-3,13H,1H3. The Balaban J connectivity index is 3.20. The van der Waals surface area contributed by atoms with E-state index in [2.05, 4.69) is 20.9 Å². The molecule has 0 saturated carbocycles. The Labute approximate surface area is 86.8 Å². The third kappa shape index (κ3) is 2.31. The van der Waals surface area contributed by atoms with Crippen LogP contribution in [-0.2, 0) is 6.18 Å². The van der Waals surface area contributed by atoms with E-state index in [9.17, 15) is 13.2 Å². The summed E-state index contributed by atoms with van der Waals surface area (Å²) in [6.45, 7) is 1.46. The van der Waals surface area contributed by atoms with E-state index >= 15 is 0 Å². The van der Waals surface area contributed by atoms with E-state index in [1.54, 1.807) is 0 Å². The highest BCUT2D eigenvalue weighted by Gasteiger charge is 2.31. The zero-order chi connectivity index (χ0) is 10.9. The molecule has 1 rings (SSSR count). The fourth-order valence-corrected chi connectivity index (χ4v) is 1.52. The van der Waals surface area contributed by atoms with Crippen LogP contribution in [0.25, 0.3) is 0 Å². The van der Waals surface area contributed by atoms with E-state index < -0.39 is 11.7 Å². The van der Waals surface area contributed by atoms with Crippen molar-refractivity contribution in [3.8, 4) is 0 Å². The smallest absolute Gasteiger partial charge is 0.303 e. The summed E-state index contributed by atoms with van der Waals surface area (Å²) in [6, 6.07) is 0.917. The Kier molecular flexibility index (Phi) is 2.94. The van der Waals surface area contributed by atoms with Crippen LogP contribution in [0.2, 0.25) is 0 Å². The predicted octanol–water partition coefficient (Wildman–Crippen LogP) is 3.25. The first kappa shape index (κ1) is 11.2. The number of alkyl halides is 3. The van der Waals surface area contributed by atoms with Crippen molar-refractivity contribution in [3.05, 3.63) is 28.0 Å². The molecule has 6 heteroatoms. The summed E-state index contributed by atoms with van der Waals surface area (Å²) in [5.41, 5.74) is -0.488. The van der Waals surface area contributed by atoms with Crippen molar-refractivity contribution >= 4 is 21.6 Å². The molecule has 0 unspecified atom stereocenters. The number of aromatic nitrogens is 1. The van der Waals surface area contributed by atoms with Crippen molar-refractivity contribution in [2.75, 3.05) is 0 Å². The number of hydrogen-bond donors (Lipinski definition) is 1. The third-order valence-electron chi connectivity index (χ3n) is 1.52. The number of rotatable bonds is 1. The Bertz CT molecular complexity index is 373. The average molecular weight is 267 g/mol. The molecule has 0 aliphatic heterocycles. The highest BCUT2D eigenvalue weighted by molar-refractivity contribution is 9.10. The molecule has 0 amide bonds. The molecule has 0 saturated heterocycles. The fraction of sp³-hybridized carbons (Fsp3) is 0.250. The van der Waals surface area contributed by atoms with Gasteiger partial charge in [-0.3, -0.25) is 4.98 Å². The van der Waals surface area contributed by atoms with Gasteiger partial charge in [-0.1, -0.05) is 0 Å². The minimum atomic E-state index is -4.40. The second kappa shape index (κ2) is 3.68. The maximum Gasteiger partial charge on any atom is 0.417 e. The van der Waals surface area contributed by atoms with Crippen molar-refractivity contribution < 1.29 is 13.2 Å². The number of pyridine rings is 1. The summed E-state index contributed by atoms with van der Waals surface area (Å²) in [5.74, 6) is 0. The first-order valence-electron chi connectivity index (χ1n) is 3.60. The molecule has 1 aromatic heterocycles. The Morgan fingerprint density at radius 2 is 2.07 bits per heavy atom. The van der Waals surface area contributed by atoms with Crippen molar-refractivity contribution in [3.63, 3.8) is 0 Å². The molecule has 0 aliphatic rings. The number of hydrogen-bond acceptors (Lipinski definition) is 2. The van der Waals surface area contributed by atoms with Gasteiger partial charge in [0, 0.05) is 10.7 Å². The molecule has 1 aromatic rings. The highest BCUT2D eigenvalue weighted by Crippen LogP contribution is 2.31. The van der Waals surface area contributed by atoms with Gasteiger partial charge in [-0.05, 0) is 28.9 Å². The molecule has 0 fully saturated rings. The minimum absolute atomic E-state index is 0.116. The van der Waals surface area contributed by atoms with Gasteiger partial charge in [-0.2, -0.15) is 13.2 Å². The van der Waals surface area contributed by atoms with Crippen LogP contribution < -0.4 is 0 Å². The Morgan fingerprint density at radius 1 is 1.50 bits per heavy atom. The summed E-state index contributed by atoms with van der Waals surface area (Å²) in [4.78, 5) is 3.55. The number of nitrogens with one attached hydrogen (secondary N) is 1. The first-order valence-corrected chi connectivity index (χ1v) is 4.40. The summed E-state index contributed by atoms with van der Waals surface area (Å²) in [7, 11) is 0. The van der Waals surface area contributed by atoms with Crippen LogP contribution in [0.4, 0.5) is 13.2 Å². The lowest BCUT2D eigenvalue weighted by molar-refractivity contribution is -0.137. The van der Waals surface area contributed by atoms with Gasteiger partial charge in [-0.15, -0.1) is 0 Å². The van der Waals surface area contributed by atoms with Crippen molar-refractivity contribution in [1.29, 1.82) is 5.41 Å². The van der Waals surface area contributed by atoms with E-state index in [0.717, 1.165) is 12.3 Å². The molecule has 1 heterocycles. The molecule has 2 nitrogen and oxygen atoms in total. The molecule has 0 spiro atoms. The van der Waals surface area contributed by atoms with E-state index in [0.29, 0.717) is 0 Å². The van der Waals surface area contributed by atoms with E-state index in [1.165, 1.54) is 6.92 Å². The van der Waals surface area contributed by atoms with Gasteiger partial charge in [-0.25, -0.2) is 0 Å². The summed E-state index contributed by atoms with van der Waals surface area (Å²) in [5, 5.41) is 7.23. The predicted molar refractivity (Wildman–Crippen MR) is 49.4 cm³/mol. The molecule has 0 bridgehead atoms. The minimum Gasteiger partial charge on any atom is -0.303 e. The largest absolute Gasteiger partial charge is 0.417 e. The van der Waals surface area contributed by atoms with Crippen molar-refractivity contribution in [1.82, 2.24) is 4.98 Å². The van der Waals surface area contributed by atoms with E-state index in [4.69, 9.17) is 5.41 Å². The quantitative estimate of drug-likeness (QED) is 0.779. The lowest BCUT2D eigenvalue weighted by Gasteiger charge is -2.08. The monoisotopic (exact) mass is 266 g/mol. The van der Waals surface area contributed by atoms with Gasteiger partial charge >= 0.3 is 6.18 Å². The van der Waals surface area contributed by atoms with Crippen LogP contribution in [0, 0.1) is 5.41 Å². The van der Waals surface area contributed by atoms with Gasteiger partial charge in [0.1, 0.15) is 0 Å². The van der Waals surface area contributed by atoms with Crippen molar-refractivity contribution in [2.24, 2.45) is 0 Å². The molecule has 76 valence electrons. The average Bonchev–Trinajstić information content (AvgIpc) is 2.01. The molecule has 14 heavy (non-hydrogen) atoms. The van der Waals surface area contributed by atoms with Crippen molar-refractivity contribution in [2.45, 2.75) is 13.1 Å². The molecule has 0 radical (unpaired) electrons. The van der Waals surface area contributed by atoms with Crippen LogP contribution in [-0.4, -0.2) is 10.7 Å². The molecule has 0 atom stereocenters. The highest BCUT2D eigenvalue weighted by atomic mass is 79.9. The molecular weight excluding hydrogens is 261 g/mol. The van der Waals surface area contributed by atoms with Crippen LogP contribution >= 0.6 is 15.9 Å². The summed E-state index contributed by atoms with van der Waals surface area (Å²) >= 11 is 2.94. The Hall–Kier alpha value is -0.910. The molecule has 0 aliphatic carbocycles. The second-order valence-electron chi connectivity index (χ2n) is 2.68. The van der Waals surface area contributed by atoms with Gasteiger partial charge in [0.05, 0.1) is 17.0 Å². The SMILES string of the molecule is CC(=N)c1ncc(C(F)(F)F)cc1Br. The summed E-state index contributed by atoms with van der Waals surface area (Å²) < 4.78 is 36.7. The van der Waals surface area contributed by atoms with Crippen LogP contribution in [0.1, 0.15) is 18.2 Å². The zero-order valence-electron chi connectivity index (χ0n) is 7.11. The first-order chi connectivity index (χ1) is 6.32. The van der Waals surface area contributed by atoms with E-state index in [-0.39, 0.29) is 15.9 Å². The molecular formula is C8H6BrF3N2. The lowest BCUT2D eigenvalue weighted by atomic mass is 10.2. The van der Waals surface area contributed by atoms with Crippen LogP contribution in [0.15, 0.2) is 16.7 Å². The maximum atomic E-state index is 12.2. The van der Waals surface area contributed by atoms with E-state index in [1.807, 2.05) is 0 Å². The van der Waals surface area contributed by atoms with Crippen LogP contribution in [0.5, 0.6) is 0 Å². The fourth-order valence-electron chi connectivity index (χ4n) is 0.869. The zero-order valence-corrected chi connectivity index (χ0v) is 8.70. The summed E-state index contributed by atoms with van der Waals surface area (Å²) in [6.07, 6.45) is -3.68. The molecule has 0 aromatic carbocycles. The normalized spacial score (nSPS) is 11.5. The van der Waals surface area contributed by atoms with Gasteiger partial charge in [0.15, 0.2) is 0 Å². The third-order valence-corrected chi connectivity index (χ3v) is 2.13. The van der Waals surface area contributed by atoms with Crippen LogP contribution in [0.3, 0.4) is 0 Å². The number of nitrogens with zero attached hydrogens (tertiary/aromatic N) is 1. The Morgan fingerprint density at radius 3 is 2.43 bits per heavy atom. The topological polar surface area (TPSA) is 36.7 Å². The van der Waals surface area contributed by atoms with Gasteiger partial charge < -0.3 is 5.41 Å². The number of halogens is 4.